The van der Waals surface area contributed by atoms with Crippen molar-refractivity contribution in [3.8, 4) is 5.75 Å². The monoisotopic (exact) mass is 218 g/mol. The third kappa shape index (κ3) is 1.62. The van der Waals surface area contributed by atoms with Gasteiger partial charge in [-0.1, -0.05) is 12.1 Å². The van der Waals surface area contributed by atoms with Crippen LogP contribution in [0.5, 0.6) is 5.75 Å². The second-order valence-electron chi connectivity index (χ2n) is 4.04. The molecule has 0 saturated carbocycles. The van der Waals surface area contributed by atoms with Crippen molar-refractivity contribution in [3.05, 3.63) is 29.3 Å². The van der Waals surface area contributed by atoms with Gasteiger partial charge in [0.1, 0.15) is 23.2 Å². The summed E-state index contributed by atoms with van der Waals surface area (Å²) < 4.78 is 5.24. The van der Waals surface area contributed by atoms with Crippen LogP contribution in [0.3, 0.4) is 0 Å². The summed E-state index contributed by atoms with van der Waals surface area (Å²) in [4.78, 5) is 23.4. The number of methoxy groups -OCH3 is 1. The highest BCUT2D eigenvalue weighted by atomic mass is 16.5. The van der Waals surface area contributed by atoms with Crippen molar-refractivity contribution in [1.29, 1.82) is 0 Å². The summed E-state index contributed by atoms with van der Waals surface area (Å²) in [7, 11) is 1.56. The number of fused-ring (bicyclic) bond motifs is 1. The second-order valence-corrected chi connectivity index (χ2v) is 4.04. The SMILES string of the molecule is COc1cccc2c1C(C(C)=O)C(=O)CC2. The molecule has 1 aliphatic rings. The molecule has 1 aliphatic carbocycles. The Labute approximate surface area is 94.4 Å². The average molecular weight is 218 g/mol. The first-order valence-corrected chi connectivity index (χ1v) is 5.34. The number of ether oxygens (including phenoxy) is 1. The van der Waals surface area contributed by atoms with Crippen LogP contribution in [-0.2, 0) is 16.0 Å². The van der Waals surface area contributed by atoms with Gasteiger partial charge in [-0.05, 0) is 25.0 Å². The molecule has 1 aromatic carbocycles. The van der Waals surface area contributed by atoms with Crippen LogP contribution in [0.15, 0.2) is 18.2 Å². The van der Waals surface area contributed by atoms with E-state index in [1.54, 1.807) is 13.2 Å². The zero-order valence-electron chi connectivity index (χ0n) is 9.45. The number of carbonyl (C=O) groups is 2. The van der Waals surface area contributed by atoms with Crippen LogP contribution in [0.1, 0.15) is 30.4 Å². The van der Waals surface area contributed by atoms with E-state index in [4.69, 9.17) is 4.74 Å². The highest BCUT2D eigenvalue weighted by Gasteiger charge is 2.33. The lowest BCUT2D eigenvalue weighted by molar-refractivity contribution is -0.128. The standard InChI is InChI=1S/C13H14O3/c1-8(14)12-10(15)7-6-9-4-3-5-11(16-2)13(9)12/h3-5,12H,6-7H2,1-2H3. The largest absolute Gasteiger partial charge is 0.496 e. The molecule has 0 aliphatic heterocycles. The Bertz CT molecular complexity index is 434. The van der Waals surface area contributed by atoms with Gasteiger partial charge in [-0.25, -0.2) is 0 Å². The van der Waals surface area contributed by atoms with Crippen LogP contribution >= 0.6 is 0 Å². The molecule has 16 heavy (non-hydrogen) atoms. The molecular formula is C13H14O3. The number of hydrogen-bond acceptors (Lipinski definition) is 3. The smallest absolute Gasteiger partial charge is 0.148 e. The number of benzene rings is 1. The Balaban J connectivity index is 2.60. The van der Waals surface area contributed by atoms with Gasteiger partial charge >= 0.3 is 0 Å². The van der Waals surface area contributed by atoms with E-state index in [9.17, 15) is 9.59 Å². The minimum Gasteiger partial charge on any atom is -0.496 e. The van der Waals surface area contributed by atoms with E-state index in [2.05, 4.69) is 0 Å². The molecule has 0 amide bonds. The molecule has 2 rings (SSSR count). The molecule has 0 N–H and O–H groups in total. The summed E-state index contributed by atoms with van der Waals surface area (Å²) in [5.41, 5.74) is 1.83. The van der Waals surface area contributed by atoms with Crippen molar-refractivity contribution in [2.24, 2.45) is 0 Å². The van der Waals surface area contributed by atoms with E-state index in [1.807, 2.05) is 12.1 Å². The fraction of sp³-hybridized carbons (Fsp3) is 0.385. The summed E-state index contributed by atoms with van der Waals surface area (Å²) >= 11 is 0. The summed E-state index contributed by atoms with van der Waals surface area (Å²) in [6.45, 7) is 1.46. The van der Waals surface area contributed by atoms with Gasteiger partial charge in [-0.3, -0.25) is 9.59 Å². The summed E-state index contributed by atoms with van der Waals surface area (Å²) in [6, 6.07) is 5.65. The van der Waals surface area contributed by atoms with Crippen LogP contribution in [-0.4, -0.2) is 18.7 Å². The Hall–Kier alpha value is -1.64. The first-order valence-electron chi connectivity index (χ1n) is 5.34. The maximum atomic E-state index is 11.8. The third-order valence-corrected chi connectivity index (χ3v) is 3.03. The van der Waals surface area contributed by atoms with E-state index >= 15 is 0 Å². The lowest BCUT2D eigenvalue weighted by atomic mass is 9.79. The van der Waals surface area contributed by atoms with E-state index in [1.165, 1.54) is 6.92 Å². The van der Waals surface area contributed by atoms with Gasteiger partial charge in [0.2, 0.25) is 0 Å². The summed E-state index contributed by atoms with van der Waals surface area (Å²) in [5, 5.41) is 0. The molecule has 0 radical (unpaired) electrons. The Morgan fingerprint density at radius 2 is 2.12 bits per heavy atom. The number of carbonyl (C=O) groups excluding carboxylic acids is 2. The van der Waals surface area contributed by atoms with Crippen LogP contribution in [0, 0.1) is 0 Å². The van der Waals surface area contributed by atoms with E-state index in [0.717, 1.165) is 11.1 Å². The molecule has 3 nitrogen and oxygen atoms in total. The summed E-state index contributed by atoms with van der Waals surface area (Å²) in [5.74, 6) is -0.0781. The van der Waals surface area contributed by atoms with Gasteiger partial charge in [0.15, 0.2) is 0 Å². The molecule has 1 atom stereocenters. The maximum Gasteiger partial charge on any atom is 0.148 e. The topological polar surface area (TPSA) is 43.4 Å². The second kappa shape index (κ2) is 4.08. The van der Waals surface area contributed by atoms with Crippen LogP contribution < -0.4 is 4.74 Å². The zero-order chi connectivity index (χ0) is 11.7. The van der Waals surface area contributed by atoms with Gasteiger partial charge in [-0.2, -0.15) is 0 Å². The van der Waals surface area contributed by atoms with Gasteiger partial charge in [0.25, 0.3) is 0 Å². The molecule has 3 heteroatoms. The number of ketones is 2. The fourth-order valence-electron chi connectivity index (χ4n) is 2.31. The fourth-order valence-corrected chi connectivity index (χ4v) is 2.31. The first kappa shape index (κ1) is 10.9. The van der Waals surface area contributed by atoms with Crippen LogP contribution in [0.25, 0.3) is 0 Å². The van der Waals surface area contributed by atoms with Crippen molar-refractivity contribution in [3.63, 3.8) is 0 Å². The molecular weight excluding hydrogens is 204 g/mol. The normalized spacial score (nSPS) is 19.1. The quantitative estimate of drug-likeness (QED) is 0.712. The lowest BCUT2D eigenvalue weighted by Crippen LogP contribution is -2.26. The molecule has 1 unspecified atom stereocenters. The molecule has 0 bridgehead atoms. The van der Waals surface area contributed by atoms with Crippen molar-refractivity contribution >= 4 is 11.6 Å². The van der Waals surface area contributed by atoms with Crippen molar-refractivity contribution in [1.82, 2.24) is 0 Å². The molecule has 0 spiro atoms. The Morgan fingerprint density at radius 3 is 2.75 bits per heavy atom. The summed E-state index contributed by atoms with van der Waals surface area (Å²) in [6.07, 6.45) is 1.15. The Kier molecular flexibility index (Phi) is 2.77. The molecule has 0 aromatic heterocycles. The molecule has 0 heterocycles. The van der Waals surface area contributed by atoms with Crippen LogP contribution in [0.2, 0.25) is 0 Å². The highest BCUT2D eigenvalue weighted by molar-refractivity contribution is 6.08. The van der Waals surface area contributed by atoms with E-state index in [0.29, 0.717) is 18.6 Å². The van der Waals surface area contributed by atoms with Gasteiger partial charge < -0.3 is 4.74 Å². The molecule has 0 saturated heterocycles. The third-order valence-electron chi connectivity index (χ3n) is 3.03. The van der Waals surface area contributed by atoms with E-state index < -0.39 is 5.92 Å². The van der Waals surface area contributed by atoms with Gasteiger partial charge in [-0.15, -0.1) is 0 Å². The lowest BCUT2D eigenvalue weighted by Gasteiger charge is -2.24. The molecule has 0 fully saturated rings. The molecule has 84 valence electrons. The number of Topliss-reactive ketones (excluding diaryl/α,β-unsaturated/α-hetero) is 2. The van der Waals surface area contributed by atoms with E-state index in [-0.39, 0.29) is 11.6 Å². The number of hydrogen-bond donors (Lipinski definition) is 0. The number of aryl methyl sites for hydroxylation is 1. The minimum absolute atomic E-state index is 0.00417. The van der Waals surface area contributed by atoms with Crippen LogP contribution in [0.4, 0.5) is 0 Å². The van der Waals surface area contributed by atoms with Crippen molar-refractivity contribution < 1.29 is 14.3 Å². The predicted octanol–water partition coefficient (Wildman–Crippen LogP) is 1.88. The highest BCUT2D eigenvalue weighted by Crippen LogP contribution is 2.36. The van der Waals surface area contributed by atoms with Crippen molar-refractivity contribution in [2.75, 3.05) is 7.11 Å². The first-order chi connectivity index (χ1) is 7.65. The maximum absolute atomic E-state index is 11.8. The number of rotatable bonds is 2. The minimum atomic E-state index is -0.625. The average Bonchev–Trinajstić information content (AvgIpc) is 2.27. The van der Waals surface area contributed by atoms with Crippen molar-refractivity contribution in [2.45, 2.75) is 25.7 Å². The van der Waals surface area contributed by atoms with Gasteiger partial charge in [0.05, 0.1) is 7.11 Å². The molecule has 1 aromatic rings. The zero-order valence-corrected chi connectivity index (χ0v) is 9.45. The predicted molar refractivity (Wildman–Crippen MR) is 59.7 cm³/mol. The van der Waals surface area contributed by atoms with Gasteiger partial charge in [0, 0.05) is 12.0 Å². The Morgan fingerprint density at radius 1 is 1.38 bits per heavy atom.